The summed E-state index contributed by atoms with van der Waals surface area (Å²) in [4.78, 5) is 38.1. The van der Waals surface area contributed by atoms with E-state index in [1.54, 1.807) is 0 Å². The summed E-state index contributed by atoms with van der Waals surface area (Å²) < 4.78 is 16.8. The van der Waals surface area contributed by atoms with Crippen LogP contribution in [0, 0.1) is 0 Å². The molecule has 6 nitrogen and oxygen atoms in total. The first-order valence-electron chi connectivity index (χ1n) is 28.7. The number of rotatable bonds is 51. The Morgan fingerprint density at radius 1 is 0.304 bits per heavy atom. The number of ether oxygens (including phenoxy) is 3. The van der Waals surface area contributed by atoms with Crippen LogP contribution in [0.2, 0.25) is 0 Å². The van der Waals surface area contributed by atoms with Gasteiger partial charge in [0.1, 0.15) is 13.2 Å². The van der Waals surface area contributed by atoms with Gasteiger partial charge in [0.05, 0.1) is 0 Å². The van der Waals surface area contributed by atoms with Crippen LogP contribution in [0.25, 0.3) is 0 Å². The lowest BCUT2D eigenvalue weighted by atomic mass is 10.1. The van der Waals surface area contributed by atoms with Gasteiger partial charge >= 0.3 is 17.9 Å². The van der Waals surface area contributed by atoms with E-state index < -0.39 is 6.10 Å². The van der Waals surface area contributed by atoms with Crippen LogP contribution in [0.1, 0.15) is 265 Å². The third kappa shape index (κ3) is 55.1. The van der Waals surface area contributed by atoms with E-state index in [9.17, 15) is 14.4 Å². The van der Waals surface area contributed by atoms with Crippen LogP contribution < -0.4 is 0 Å². The average molecular weight is 960 g/mol. The molecule has 0 rings (SSSR count). The van der Waals surface area contributed by atoms with Crippen molar-refractivity contribution in [2.45, 2.75) is 271 Å². The van der Waals surface area contributed by atoms with Crippen LogP contribution in [-0.4, -0.2) is 37.2 Å². The summed E-state index contributed by atoms with van der Waals surface area (Å²) in [5, 5.41) is 0. The number of carbonyl (C=O) groups excluding carboxylic acids is 3. The van der Waals surface area contributed by atoms with E-state index in [1.807, 2.05) is 0 Å². The summed E-state index contributed by atoms with van der Waals surface area (Å²) in [5.74, 6) is -0.922. The monoisotopic (exact) mass is 959 g/mol. The zero-order valence-electron chi connectivity index (χ0n) is 45.0. The molecule has 0 aromatic heterocycles. The van der Waals surface area contributed by atoms with Crippen LogP contribution in [0.5, 0.6) is 0 Å². The molecule has 0 heterocycles. The fraction of sp³-hybridized carbons (Fsp3) is 0.698. The molecule has 0 aliphatic rings. The van der Waals surface area contributed by atoms with Crippen molar-refractivity contribution in [2.24, 2.45) is 0 Å². The first kappa shape index (κ1) is 65.3. The minimum atomic E-state index is -0.794. The SMILES string of the molecule is CC/C=C\C/C=C\C/C=C\C/C=C\C/C=C\CCCCCCCCCC(=O)OCC(COC(=O)CCCCCCC/C=C\CCCCCC)OC(=O)CCCCCCC/C=C\C/C=C\CCCCC. The largest absolute Gasteiger partial charge is 0.462 e. The second kappa shape index (κ2) is 56.9. The highest BCUT2D eigenvalue weighted by atomic mass is 16.6. The maximum Gasteiger partial charge on any atom is 0.306 e. The van der Waals surface area contributed by atoms with Gasteiger partial charge in [0.2, 0.25) is 0 Å². The number of unbranched alkanes of at least 4 members (excludes halogenated alkanes) is 24. The van der Waals surface area contributed by atoms with Gasteiger partial charge in [-0.25, -0.2) is 0 Å². The molecule has 0 N–H and O–H groups in total. The van der Waals surface area contributed by atoms with Crippen LogP contribution in [0.4, 0.5) is 0 Å². The molecule has 0 aliphatic carbocycles. The molecule has 6 heteroatoms. The van der Waals surface area contributed by atoms with Gasteiger partial charge in [-0.1, -0.05) is 221 Å². The molecule has 0 aromatic carbocycles. The van der Waals surface area contributed by atoms with Crippen LogP contribution in [0.3, 0.4) is 0 Å². The zero-order valence-corrected chi connectivity index (χ0v) is 45.0. The molecule has 0 fully saturated rings. The predicted molar refractivity (Wildman–Crippen MR) is 297 cm³/mol. The van der Waals surface area contributed by atoms with Crippen LogP contribution >= 0.6 is 0 Å². The van der Waals surface area contributed by atoms with E-state index >= 15 is 0 Å². The maximum absolute atomic E-state index is 12.8. The fourth-order valence-corrected chi connectivity index (χ4v) is 7.73. The molecule has 0 aliphatic heterocycles. The Kier molecular flexibility index (Phi) is 53.9. The maximum atomic E-state index is 12.8. The number of esters is 3. The number of hydrogen-bond donors (Lipinski definition) is 0. The fourth-order valence-electron chi connectivity index (χ4n) is 7.73. The molecule has 0 saturated heterocycles. The van der Waals surface area contributed by atoms with Gasteiger partial charge in [0.25, 0.3) is 0 Å². The summed E-state index contributed by atoms with van der Waals surface area (Å²) >= 11 is 0. The lowest BCUT2D eigenvalue weighted by Crippen LogP contribution is -2.30. The molecular formula is C63H106O6. The smallest absolute Gasteiger partial charge is 0.306 e. The van der Waals surface area contributed by atoms with Crippen molar-refractivity contribution >= 4 is 17.9 Å². The highest BCUT2D eigenvalue weighted by Gasteiger charge is 2.19. The Balaban J connectivity index is 4.39. The number of hydrogen-bond acceptors (Lipinski definition) is 6. The van der Waals surface area contributed by atoms with E-state index in [1.165, 1.54) is 96.3 Å². The molecule has 1 unspecified atom stereocenters. The van der Waals surface area contributed by atoms with Gasteiger partial charge in [-0.05, 0) is 122 Å². The van der Waals surface area contributed by atoms with Crippen molar-refractivity contribution in [1.29, 1.82) is 0 Å². The van der Waals surface area contributed by atoms with Crippen molar-refractivity contribution in [3.8, 4) is 0 Å². The summed E-state index contributed by atoms with van der Waals surface area (Å²) in [6.07, 6.45) is 75.3. The Morgan fingerprint density at radius 2 is 0.565 bits per heavy atom. The van der Waals surface area contributed by atoms with E-state index in [2.05, 4.69) is 118 Å². The van der Waals surface area contributed by atoms with Crippen LogP contribution in [-0.2, 0) is 28.6 Å². The summed E-state index contributed by atoms with van der Waals surface area (Å²) in [7, 11) is 0. The average Bonchev–Trinajstić information content (AvgIpc) is 3.35. The second-order valence-electron chi connectivity index (χ2n) is 18.8. The van der Waals surface area contributed by atoms with Gasteiger partial charge in [0, 0.05) is 19.3 Å². The highest BCUT2D eigenvalue weighted by Crippen LogP contribution is 2.14. The second-order valence-corrected chi connectivity index (χ2v) is 18.8. The summed E-state index contributed by atoms with van der Waals surface area (Å²) in [6, 6.07) is 0. The topological polar surface area (TPSA) is 78.9 Å². The van der Waals surface area contributed by atoms with E-state index in [0.29, 0.717) is 19.3 Å². The zero-order chi connectivity index (χ0) is 50.0. The lowest BCUT2D eigenvalue weighted by Gasteiger charge is -2.18. The molecule has 69 heavy (non-hydrogen) atoms. The van der Waals surface area contributed by atoms with Gasteiger partial charge in [-0.15, -0.1) is 0 Å². The van der Waals surface area contributed by atoms with E-state index in [-0.39, 0.29) is 31.1 Å². The summed E-state index contributed by atoms with van der Waals surface area (Å²) in [5.41, 5.74) is 0. The molecule has 394 valence electrons. The molecule has 1 atom stereocenters. The van der Waals surface area contributed by atoms with Crippen molar-refractivity contribution in [3.63, 3.8) is 0 Å². The van der Waals surface area contributed by atoms with Gasteiger partial charge in [0.15, 0.2) is 6.10 Å². The normalized spacial score (nSPS) is 12.8. The quantitative estimate of drug-likeness (QED) is 0.0262. The third-order valence-corrected chi connectivity index (χ3v) is 12.0. The van der Waals surface area contributed by atoms with Gasteiger partial charge < -0.3 is 14.2 Å². The van der Waals surface area contributed by atoms with Crippen molar-refractivity contribution in [1.82, 2.24) is 0 Å². The van der Waals surface area contributed by atoms with Crippen LogP contribution in [0.15, 0.2) is 97.2 Å². The Labute approximate surface area is 426 Å². The van der Waals surface area contributed by atoms with Crippen molar-refractivity contribution in [3.05, 3.63) is 97.2 Å². The number of carbonyl (C=O) groups is 3. The highest BCUT2D eigenvalue weighted by molar-refractivity contribution is 5.71. The Bertz CT molecular complexity index is 1380. The molecular weight excluding hydrogens is 853 g/mol. The molecule has 0 spiro atoms. The van der Waals surface area contributed by atoms with E-state index in [4.69, 9.17) is 14.2 Å². The third-order valence-electron chi connectivity index (χ3n) is 12.0. The molecule has 0 bridgehead atoms. The van der Waals surface area contributed by atoms with Crippen molar-refractivity contribution in [2.75, 3.05) is 13.2 Å². The van der Waals surface area contributed by atoms with Gasteiger partial charge in [-0.3, -0.25) is 14.4 Å². The molecule has 0 amide bonds. The van der Waals surface area contributed by atoms with Crippen molar-refractivity contribution < 1.29 is 28.6 Å². The first-order valence-corrected chi connectivity index (χ1v) is 28.7. The van der Waals surface area contributed by atoms with Gasteiger partial charge in [-0.2, -0.15) is 0 Å². The lowest BCUT2D eigenvalue weighted by molar-refractivity contribution is -0.167. The molecule has 0 saturated carbocycles. The molecule has 0 aromatic rings. The standard InChI is InChI=1S/C63H106O6/c1-4-7-10-13-16-19-22-25-27-28-29-30-31-32-33-34-36-38-41-44-47-50-53-56-62(65)68-59-60(58-67-61(64)55-52-49-46-43-40-37-24-21-18-15-12-9-6-3)69-63(66)57-54-51-48-45-42-39-35-26-23-20-17-14-11-8-5-2/h7,10,16-17,19-21,24-27,29-30,32-33,35,60H,4-6,8-9,11-15,18,22-23,28,31,34,36-59H2,1-3H3/b10-7-,19-16-,20-17-,24-21-,27-25-,30-29-,33-32-,35-26-. The minimum absolute atomic E-state index is 0.0914. The first-order chi connectivity index (χ1) is 34.0. The van der Waals surface area contributed by atoms with E-state index in [0.717, 1.165) is 128 Å². The predicted octanol–water partition coefficient (Wildman–Crippen LogP) is 19.3. The summed E-state index contributed by atoms with van der Waals surface area (Å²) in [6.45, 7) is 6.46. The Morgan fingerprint density at radius 3 is 0.928 bits per heavy atom. The minimum Gasteiger partial charge on any atom is -0.462 e. The molecule has 0 radical (unpaired) electrons. The number of allylic oxidation sites excluding steroid dienone is 16. The Hall–Kier alpha value is -3.67.